The lowest BCUT2D eigenvalue weighted by Gasteiger charge is -2.10. The van der Waals surface area contributed by atoms with Gasteiger partial charge in [-0.1, -0.05) is 17.7 Å². The zero-order chi connectivity index (χ0) is 12.3. The molecule has 0 radical (unpaired) electrons. The number of ether oxygens (including phenoxy) is 1. The van der Waals surface area contributed by atoms with Crippen LogP contribution in [0.5, 0.6) is 0 Å². The minimum Gasteiger partial charge on any atom is -0.465 e. The molecule has 0 bridgehead atoms. The van der Waals surface area contributed by atoms with Gasteiger partial charge in [-0.25, -0.2) is 4.79 Å². The van der Waals surface area contributed by atoms with Gasteiger partial charge in [0, 0.05) is 12.2 Å². The van der Waals surface area contributed by atoms with Gasteiger partial charge in [0.1, 0.15) is 5.56 Å². The molecule has 86 valence electrons. The molecule has 0 aliphatic carbocycles. The summed E-state index contributed by atoms with van der Waals surface area (Å²) in [5, 5.41) is 0.349. The van der Waals surface area contributed by atoms with Crippen LogP contribution in [0.1, 0.15) is 16.1 Å². The highest BCUT2D eigenvalue weighted by Crippen LogP contribution is 2.14. The van der Waals surface area contributed by atoms with Crippen LogP contribution in [0.15, 0.2) is 23.5 Å². The minimum absolute atomic E-state index is 0.0695. The fourth-order valence-electron chi connectivity index (χ4n) is 1.32. The van der Waals surface area contributed by atoms with Crippen molar-refractivity contribution >= 4 is 17.6 Å². The van der Waals surface area contributed by atoms with Crippen molar-refractivity contribution in [2.45, 2.75) is 13.5 Å². The molecule has 5 heteroatoms. The second-order valence-electron chi connectivity index (χ2n) is 3.19. The van der Waals surface area contributed by atoms with Crippen molar-refractivity contribution in [3.05, 3.63) is 45.4 Å². The van der Waals surface area contributed by atoms with Gasteiger partial charge in [0.25, 0.3) is 5.56 Å². The summed E-state index contributed by atoms with van der Waals surface area (Å²) in [6, 6.07) is 1.32. The van der Waals surface area contributed by atoms with Crippen molar-refractivity contribution in [3.63, 3.8) is 0 Å². The number of allylic oxidation sites excluding steroid dienone is 1. The lowest BCUT2D eigenvalue weighted by molar-refractivity contribution is 0.0598. The monoisotopic (exact) mass is 241 g/mol. The smallest absolute Gasteiger partial charge is 0.343 e. The summed E-state index contributed by atoms with van der Waals surface area (Å²) in [7, 11) is 1.22. The number of aromatic nitrogens is 1. The van der Waals surface area contributed by atoms with Crippen LogP contribution in [0.4, 0.5) is 0 Å². The predicted octanol–water partition coefficient (Wildman–Crippen LogP) is 1.78. The molecular weight excluding hydrogens is 230 g/mol. The molecule has 16 heavy (non-hydrogen) atoms. The molecular formula is C11H12ClNO3. The molecule has 0 N–H and O–H groups in total. The van der Waals surface area contributed by atoms with Gasteiger partial charge in [0.2, 0.25) is 0 Å². The van der Waals surface area contributed by atoms with E-state index in [1.165, 1.54) is 17.7 Å². The molecule has 4 nitrogen and oxygen atoms in total. The number of methoxy groups -OCH3 is 1. The summed E-state index contributed by atoms with van der Waals surface area (Å²) in [6.45, 7) is 5.55. The average molecular weight is 242 g/mol. The van der Waals surface area contributed by atoms with Crippen LogP contribution in [-0.4, -0.2) is 17.6 Å². The Labute approximate surface area is 98.1 Å². The van der Waals surface area contributed by atoms with Crippen molar-refractivity contribution in [2.75, 3.05) is 7.11 Å². The molecule has 1 rings (SSSR count). The van der Waals surface area contributed by atoms with Crippen LogP contribution >= 0.6 is 11.6 Å². The topological polar surface area (TPSA) is 48.3 Å². The number of esters is 1. The molecule has 1 aromatic heterocycles. The molecule has 0 spiro atoms. The Bertz CT molecular complexity index is 491. The van der Waals surface area contributed by atoms with E-state index in [4.69, 9.17) is 11.6 Å². The van der Waals surface area contributed by atoms with Gasteiger partial charge in [-0.3, -0.25) is 4.79 Å². The van der Waals surface area contributed by atoms with E-state index in [1.807, 2.05) is 0 Å². The molecule has 0 aromatic carbocycles. The molecule has 0 aliphatic heterocycles. The first-order valence-corrected chi connectivity index (χ1v) is 4.99. The molecule has 1 heterocycles. The number of hydrogen-bond donors (Lipinski definition) is 0. The molecule has 0 saturated carbocycles. The van der Waals surface area contributed by atoms with Crippen LogP contribution in [-0.2, 0) is 11.3 Å². The maximum Gasteiger partial charge on any atom is 0.343 e. The van der Waals surface area contributed by atoms with Crippen molar-refractivity contribution in [1.82, 2.24) is 4.57 Å². The normalized spacial score (nSPS) is 9.94. The number of pyridine rings is 1. The van der Waals surface area contributed by atoms with Gasteiger partial charge < -0.3 is 9.30 Å². The van der Waals surface area contributed by atoms with Crippen LogP contribution in [0.25, 0.3) is 0 Å². The van der Waals surface area contributed by atoms with E-state index >= 15 is 0 Å². The van der Waals surface area contributed by atoms with E-state index in [0.717, 1.165) is 0 Å². The molecule has 0 fully saturated rings. The summed E-state index contributed by atoms with van der Waals surface area (Å²) >= 11 is 5.93. The van der Waals surface area contributed by atoms with Crippen LogP contribution in [0.3, 0.4) is 0 Å². The first-order chi connectivity index (χ1) is 7.52. The Morgan fingerprint density at radius 3 is 2.81 bits per heavy atom. The highest BCUT2D eigenvalue weighted by atomic mass is 35.5. The Hall–Kier alpha value is -1.55. The summed E-state index contributed by atoms with van der Waals surface area (Å²) in [6.07, 6.45) is 1.56. The fourth-order valence-corrected chi connectivity index (χ4v) is 1.54. The number of carbonyl (C=O) groups is 1. The van der Waals surface area contributed by atoms with E-state index < -0.39 is 11.5 Å². The third kappa shape index (κ3) is 2.17. The first-order valence-electron chi connectivity index (χ1n) is 4.62. The molecule has 0 amide bonds. The maximum atomic E-state index is 11.9. The Morgan fingerprint density at radius 2 is 2.31 bits per heavy atom. The fraction of sp³-hybridized carbons (Fsp3) is 0.273. The molecule has 0 aliphatic rings. The zero-order valence-electron chi connectivity index (χ0n) is 9.12. The largest absolute Gasteiger partial charge is 0.465 e. The third-order valence-corrected chi connectivity index (χ3v) is 2.60. The van der Waals surface area contributed by atoms with E-state index in [2.05, 4.69) is 11.3 Å². The molecule has 0 atom stereocenters. The van der Waals surface area contributed by atoms with E-state index in [0.29, 0.717) is 17.3 Å². The summed E-state index contributed by atoms with van der Waals surface area (Å²) in [4.78, 5) is 23.2. The van der Waals surface area contributed by atoms with Gasteiger partial charge in [-0.05, 0) is 13.0 Å². The van der Waals surface area contributed by atoms with Crippen LogP contribution < -0.4 is 5.56 Å². The summed E-state index contributed by atoms with van der Waals surface area (Å²) in [5.74, 6) is -0.690. The van der Waals surface area contributed by atoms with Crippen LogP contribution in [0, 0.1) is 6.92 Å². The molecule has 0 unspecified atom stereocenters. The first kappa shape index (κ1) is 12.5. The number of rotatable bonds is 3. The van der Waals surface area contributed by atoms with E-state index in [9.17, 15) is 9.59 Å². The summed E-state index contributed by atoms with van der Waals surface area (Å²) < 4.78 is 5.88. The van der Waals surface area contributed by atoms with Gasteiger partial charge in [-0.15, -0.1) is 6.58 Å². The van der Waals surface area contributed by atoms with Gasteiger partial charge >= 0.3 is 5.97 Å². The number of halogens is 1. The lowest BCUT2D eigenvalue weighted by Crippen LogP contribution is -2.28. The Kier molecular flexibility index (Phi) is 3.90. The van der Waals surface area contributed by atoms with Crippen molar-refractivity contribution in [3.8, 4) is 0 Å². The van der Waals surface area contributed by atoms with Crippen molar-refractivity contribution in [2.24, 2.45) is 0 Å². The molecule has 0 saturated heterocycles. The van der Waals surface area contributed by atoms with Crippen LogP contribution in [0.2, 0.25) is 5.02 Å². The third-order valence-electron chi connectivity index (χ3n) is 2.21. The second kappa shape index (κ2) is 4.99. The summed E-state index contributed by atoms with van der Waals surface area (Å²) in [5.41, 5.74) is 0.104. The Morgan fingerprint density at radius 1 is 1.69 bits per heavy atom. The zero-order valence-corrected chi connectivity index (χ0v) is 9.87. The number of carbonyl (C=O) groups excluding carboxylic acids is 1. The second-order valence-corrected chi connectivity index (χ2v) is 3.59. The van der Waals surface area contributed by atoms with Crippen molar-refractivity contribution in [1.29, 1.82) is 0 Å². The van der Waals surface area contributed by atoms with Gasteiger partial charge in [0.15, 0.2) is 0 Å². The van der Waals surface area contributed by atoms with E-state index in [-0.39, 0.29) is 5.56 Å². The highest BCUT2D eigenvalue weighted by Gasteiger charge is 2.16. The minimum atomic E-state index is -0.690. The average Bonchev–Trinajstić information content (AvgIpc) is 2.28. The maximum absolute atomic E-state index is 11.9. The standard InChI is InChI=1S/C11H12ClNO3/c1-4-5-13-7(2)9(12)6-8(10(13)14)11(15)16-3/h4,6H,1,5H2,2-3H3. The lowest BCUT2D eigenvalue weighted by atomic mass is 10.2. The predicted molar refractivity (Wildman–Crippen MR) is 62.0 cm³/mol. The number of nitrogens with zero attached hydrogens (tertiary/aromatic N) is 1. The molecule has 1 aromatic rings. The van der Waals surface area contributed by atoms with Crippen molar-refractivity contribution < 1.29 is 9.53 Å². The quantitative estimate of drug-likeness (QED) is 0.599. The highest BCUT2D eigenvalue weighted by molar-refractivity contribution is 6.31. The number of hydrogen-bond acceptors (Lipinski definition) is 3. The Balaban J connectivity index is 3.50. The van der Waals surface area contributed by atoms with Gasteiger partial charge in [0.05, 0.1) is 12.1 Å². The SMILES string of the molecule is C=CCn1c(C)c(Cl)cc(C(=O)OC)c1=O. The van der Waals surface area contributed by atoms with Gasteiger partial charge in [-0.2, -0.15) is 0 Å². The van der Waals surface area contributed by atoms with E-state index in [1.54, 1.807) is 13.0 Å².